The third kappa shape index (κ3) is 3.05. The highest BCUT2D eigenvalue weighted by Crippen LogP contribution is 2.41. The molecule has 3 aromatic heterocycles. The van der Waals surface area contributed by atoms with Gasteiger partial charge in [-0.15, -0.1) is 0 Å². The van der Waals surface area contributed by atoms with Gasteiger partial charge in [-0.2, -0.15) is 4.98 Å². The lowest BCUT2D eigenvalue weighted by Crippen LogP contribution is -2.10. The highest BCUT2D eigenvalue weighted by atomic mass is 15.2. The molecule has 1 N–H and O–H groups in total. The van der Waals surface area contributed by atoms with E-state index in [2.05, 4.69) is 32.0 Å². The van der Waals surface area contributed by atoms with Gasteiger partial charge in [0.15, 0.2) is 5.65 Å². The van der Waals surface area contributed by atoms with E-state index < -0.39 is 0 Å². The van der Waals surface area contributed by atoms with E-state index in [4.69, 9.17) is 9.97 Å². The topological polar surface area (TPSA) is 71.8 Å². The van der Waals surface area contributed by atoms with Crippen molar-refractivity contribution in [2.45, 2.75) is 18.8 Å². The van der Waals surface area contributed by atoms with Crippen molar-refractivity contribution in [3.63, 3.8) is 0 Å². The fourth-order valence-corrected chi connectivity index (χ4v) is 3.25. The summed E-state index contributed by atoms with van der Waals surface area (Å²) >= 11 is 0. The first-order valence-electron chi connectivity index (χ1n) is 9.40. The number of hydrogen-bond donors (Lipinski definition) is 1. The van der Waals surface area contributed by atoms with Crippen molar-refractivity contribution in [1.29, 1.82) is 0 Å². The smallest absolute Gasteiger partial charge is 0.229 e. The quantitative estimate of drug-likeness (QED) is 0.574. The molecular weight excluding hydrogens is 350 g/mol. The van der Waals surface area contributed by atoms with E-state index in [1.807, 2.05) is 49.3 Å². The van der Waals surface area contributed by atoms with Crippen molar-refractivity contribution in [2.24, 2.45) is 0 Å². The maximum absolute atomic E-state index is 4.82. The van der Waals surface area contributed by atoms with E-state index >= 15 is 0 Å². The largest absolute Gasteiger partial charge is 0.363 e. The maximum atomic E-state index is 4.82. The minimum absolute atomic E-state index is 0.508. The summed E-state index contributed by atoms with van der Waals surface area (Å²) in [5.41, 5.74) is 3.56. The molecule has 1 aliphatic carbocycles. The van der Waals surface area contributed by atoms with Crippen LogP contribution in [0.25, 0.3) is 16.9 Å². The molecule has 7 nitrogen and oxygen atoms in total. The number of rotatable bonds is 5. The Hall–Kier alpha value is -3.48. The minimum Gasteiger partial charge on any atom is -0.363 e. The molecule has 28 heavy (non-hydrogen) atoms. The Balaban J connectivity index is 1.55. The number of nitrogens with zero attached hydrogens (tertiary/aromatic N) is 6. The minimum atomic E-state index is 0.508. The molecule has 0 aliphatic heterocycles. The van der Waals surface area contributed by atoms with E-state index in [0.29, 0.717) is 11.9 Å². The fourth-order valence-electron chi connectivity index (χ4n) is 3.25. The van der Waals surface area contributed by atoms with Crippen LogP contribution in [0.15, 0.2) is 54.9 Å². The Labute approximate surface area is 163 Å². The average Bonchev–Trinajstić information content (AvgIpc) is 3.49. The molecule has 5 rings (SSSR count). The molecule has 1 saturated carbocycles. The third-order valence-corrected chi connectivity index (χ3v) is 4.85. The molecule has 0 radical (unpaired) electrons. The second-order valence-corrected chi connectivity index (χ2v) is 7.24. The van der Waals surface area contributed by atoms with Gasteiger partial charge in [-0.05, 0) is 37.1 Å². The van der Waals surface area contributed by atoms with Gasteiger partial charge < -0.3 is 10.2 Å². The van der Waals surface area contributed by atoms with Gasteiger partial charge in [0.2, 0.25) is 5.95 Å². The first-order chi connectivity index (χ1) is 13.7. The van der Waals surface area contributed by atoms with Gasteiger partial charge in [0.25, 0.3) is 0 Å². The van der Waals surface area contributed by atoms with E-state index in [9.17, 15) is 0 Å². The summed E-state index contributed by atoms with van der Waals surface area (Å²) in [6.07, 6.45) is 5.93. The molecule has 0 saturated heterocycles. The van der Waals surface area contributed by atoms with Crippen molar-refractivity contribution in [3.05, 3.63) is 60.7 Å². The Kier molecular flexibility index (Phi) is 3.93. The molecule has 0 spiro atoms. The van der Waals surface area contributed by atoms with Gasteiger partial charge in [0.1, 0.15) is 17.2 Å². The standard InChI is InChI=1S/C21H21N7/c1-27(2)18-11-10-15(12-22-18)24-21-23-13-17-20(26-21)28(16-6-4-3-5-7-16)19(25-17)14-8-9-14/h3-7,10-14H,8-9H2,1-2H3,(H,23,24,26). The summed E-state index contributed by atoms with van der Waals surface area (Å²) in [6.45, 7) is 0. The Morgan fingerprint density at radius 2 is 1.79 bits per heavy atom. The summed E-state index contributed by atoms with van der Waals surface area (Å²) in [4.78, 5) is 20.4. The lowest BCUT2D eigenvalue weighted by atomic mass is 10.3. The zero-order valence-corrected chi connectivity index (χ0v) is 15.9. The first-order valence-corrected chi connectivity index (χ1v) is 9.40. The number of fused-ring (bicyclic) bond motifs is 1. The van der Waals surface area contributed by atoms with Crippen LogP contribution in [0.3, 0.4) is 0 Å². The number of anilines is 3. The van der Waals surface area contributed by atoms with E-state index in [1.165, 1.54) is 12.8 Å². The molecule has 4 aromatic rings. The van der Waals surface area contributed by atoms with Gasteiger partial charge in [-0.25, -0.2) is 15.0 Å². The molecule has 3 heterocycles. The number of benzene rings is 1. The molecule has 0 unspecified atom stereocenters. The van der Waals surface area contributed by atoms with Crippen molar-refractivity contribution >= 4 is 28.6 Å². The number of imidazole rings is 1. The van der Waals surface area contributed by atoms with Crippen LogP contribution in [0.5, 0.6) is 0 Å². The SMILES string of the molecule is CN(C)c1ccc(Nc2ncc3nc(C4CC4)n(-c4ccccc4)c3n2)cn1. The van der Waals surface area contributed by atoms with Crippen molar-refractivity contribution in [2.75, 3.05) is 24.3 Å². The van der Waals surface area contributed by atoms with Crippen molar-refractivity contribution < 1.29 is 0 Å². The Morgan fingerprint density at radius 1 is 0.964 bits per heavy atom. The van der Waals surface area contributed by atoms with E-state index in [1.54, 1.807) is 12.4 Å². The maximum Gasteiger partial charge on any atom is 0.229 e. The number of aromatic nitrogens is 5. The number of hydrogen-bond acceptors (Lipinski definition) is 6. The predicted octanol–water partition coefficient (Wildman–Crippen LogP) is 3.90. The summed E-state index contributed by atoms with van der Waals surface area (Å²) in [7, 11) is 3.93. The summed E-state index contributed by atoms with van der Waals surface area (Å²) in [6, 6.07) is 14.2. The lowest BCUT2D eigenvalue weighted by Gasteiger charge is -2.12. The van der Waals surface area contributed by atoms with Gasteiger partial charge in [0.05, 0.1) is 18.1 Å². The highest BCUT2D eigenvalue weighted by molar-refractivity contribution is 5.75. The summed E-state index contributed by atoms with van der Waals surface area (Å²) in [5, 5.41) is 3.25. The molecule has 1 fully saturated rings. The summed E-state index contributed by atoms with van der Waals surface area (Å²) < 4.78 is 2.16. The average molecular weight is 371 g/mol. The van der Waals surface area contributed by atoms with Crippen LogP contribution in [-0.4, -0.2) is 38.6 Å². The molecule has 7 heteroatoms. The Morgan fingerprint density at radius 3 is 2.46 bits per heavy atom. The van der Waals surface area contributed by atoms with Crippen molar-refractivity contribution in [3.8, 4) is 5.69 Å². The zero-order valence-electron chi connectivity index (χ0n) is 15.9. The van der Waals surface area contributed by atoms with Gasteiger partial charge >= 0.3 is 0 Å². The second-order valence-electron chi connectivity index (χ2n) is 7.24. The fraction of sp³-hybridized carbons (Fsp3) is 0.238. The lowest BCUT2D eigenvalue weighted by molar-refractivity contribution is 0.890. The van der Waals surface area contributed by atoms with E-state index in [-0.39, 0.29) is 0 Å². The van der Waals surface area contributed by atoms with Crippen LogP contribution in [0, 0.1) is 0 Å². The number of para-hydroxylation sites is 1. The normalized spacial score (nSPS) is 13.6. The van der Waals surface area contributed by atoms with Crippen LogP contribution >= 0.6 is 0 Å². The monoisotopic (exact) mass is 371 g/mol. The number of pyridine rings is 1. The Bertz CT molecular complexity index is 1110. The van der Waals surface area contributed by atoms with Crippen molar-refractivity contribution in [1.82, 2.24) is 24.5 Å². The first kappa shape index (κ1) is 16.7. The zero-order chi connectivity index (χ0) is 19.1. The number of nitrogens with one attached hydrogen (secondary N) is 1. The molecule has 1 aromatic carbocycles. The van der Waals surface area contributed by atoms with Gasteiger partial charge in [-0.3, -0.25) is 4.57 Å². The molecular formula is C21H21N7. The summed E-state index contributed by atoms with van der Waals surface area (Å²) in [5.74, 6) is 3.02. The third-order valence-electron chi connectivity index (χ3n) is 4.85. The van der Waals surface area contributed by atoms with Crippen LogP contribution in [-0.2, 0) is 0 Å². The second kappa shape index (κ2) is 6.60. The predicted molar refractivity (Wildman–Crippen MR) is 110 cm³/mol. The van der Waals surface area contributed by atoms with Crippen LogP contribution in [0.1, 0.15) is 24.6 Å². The molecule has 0 bridgehead atoms. The molecule has 0 atom stereocenters. The molecule has 1 aliphatic rings. The van der Waals surface area contributed by atoms with Crippen LogP contribution in [0.4, 0.5) is 17.5 Å². The van der Waals surface area contributed by atoms with E-state index in [0.717, 1.165) is 34.2 Å². The molecule has 140 valence electrons. The van der Waals surface area contributed by atoms with Crippen LogP contribution in [0.2, 0.25) is 0 Å². The van der Waals surface area contributed by atoms with Gasteiger partial charge in [0, 0.05) is 25.7 Å². The van der Waals surface area contributed by atoms with Gasteiger partial charge in [-0.1, -0.05) is 18.2 Å². The highest BCUT2D eigenvalue weighted by Gasteiger charge is 2.30. The molecule has 0 amide bonds. The van der Waals surface area contributed by atoms with Crippen LogP contribution < -0.4 is 10.2 Å².